The largest absolute Gasteiger partial charge is 0.468 e. The van der Waals surface area contributed by atoms with Crippen LogP contribution in [0.1, 0.15) is 64.1 Å². The second kappa shape index (κ2) is 11.6. The van der Waals surface area contributed by atoms with Crippen molar-refractivity contribution in [1.82, 2.24) is 10.3 Å². The monoisotopic (exact) mass is 486 g/mol. The number of amides is 2. The summed E-state index contributed by atoms with van der Waals surface area (Å²) in [5, 5.41) is 1.83. The van der Waals surface area contributed by atoms with E-state index in [4.69, 9.17) is 19.8 Å². The summed E-state index contributed by atoms with van der Waals surface area (Å²) in [4.78, 5) is 33.0. The molecular weight excluding hydrogens is 445 g/mol. The highest BCUT2D eigenvalue weighted by molar-refractivity contribution is 6.02. The molecule has 4 rings (SSSR count). The number of aryl methyl sites for hydroxylation is 1. The van der Waals surface area contributed by atoms with Crippen molar-refractivity contribution in [3.05, 3.63) is 89.9 Å². The Morgan fingerprint density at radius 3 is 2.63 bits per heavy atom. The van der Waals surface area contributed by atoms with Crippen molar-refractivity contribution in [2.45, 2.75) is 50.8 Å². The number of carbonyl (C=O) groups excluding carboxylic acids is 2. The van der Waals surface area contributed by atoms with E-state index in [2.05, 4.69) is 4.98 Å². The standard InChI is InChI=1S/C28H30FN3O3/c1-20-10-5-6-15-24(20)27(28(34)31-22-12-3-2-4-13-22)32(23-14-9-11-21(29)18-23)26(33)19-35-25-16-7-8-17-30-25/h5-11,14-18,22,27H,2-4,12-13,19H2,1H3,(H,31,34)/i2D2,3D2,4D2,12D2,13D2,22D. The van der Waals surface area contributed by atoms with Gasteiger partial charge < -0.3 is 10.1 Å². The van der Waals surface area contributed by atoms with Gasteiger partial charge in [-0.1, -0.05) is 55.5 Å². The minimum absolute atomic E-state index is 0.0272. The van der Waals surface area contributed by atoms with E-state index in [1.165, 1.54) is 36.5 Å². The number of halogens is 1. The zero-order valence-corrected chi connectivity index (χ0v) is 18.7. The summed E-state index contributed by atoms with van der Waals surface area (Å²) in [5.74, 6) is -3.22. The number of carbonyl (C=O) groups is 2. The number of aromatic nitrogens is 1. The first-order valence-corrected chi connectivity index (χ1v) is 10.6. The fourth-order valence-electron chi connectivity index (χ4n) is 3.50. The van der Waals surface area contributed by atoms with Gasteiger partial charge in [0.05, 0.1) is 1.37 Å². The molecule has 1 N–H and O–H groups in total. The van der Waals surface area contributed by atoms with Crippen molar-refractivity contribution in [1.29, 1.82) is 0 Å². The summed E-state index contributed by atoms with van der Waals surface area (Å²) >= 11 is 0. The first kappa shape index (κ1) is 14.0. The SMILES string of the molecule is [2H]C1([2H])C([2H])([2H])C([2H])([2H])C([2H])(NC(=O)C(c2ccccc2C)N(C(=O)COc2ccccn2)c2cccc(F)c2)C([2H])([2H])C1([2H])[2H]. The summed E-state index contributed by atoms with van der Waals surface area (Å²) in [6.07, 6.45) is -18.0. The smallest absolute Gasteiger partial charge is 0.265 e. The van der Waals surface area contributed by atoms with Gasteiger partial charge >= 0.3 is 0 Å². The number of nitrogens with one attached hydrogen (secondary N) is 1. The van der Waals surface area contributed by atoms with Crippen LogP contribution in [0.3, 0.4) is 0 Å². The van der Waals surface area contributed by atoms with Crippen LogP contribution in [0, 0.1) is 12.7 Å². The average molecular weight is 487 g/mol. The van der Waals surface area contributed by atoms with Crippen LogP contribution in [0.2, 0.25) is 0 Å². The van der Waals surface area contributed by atoms with Gasteiger partial charge in [-0.05, 0) is 55.1 Å². The summed E-state index contributed by atoms with van der Waals surface area (Å²) < 4.78 is 112. The Kier molecular flexibility index (Phi) is 4.63. The summed E-state index contributed by atoms with van der Waals surface area (Å²) in [6, 6.07) is 9.45. The molecule has 1 saturated carbocycles. The fourth-order valence-corrected chi connectivity index (χ4v) is 3.50. The van der Waals surface area contributed by atoms with Gasteiger partial charge in [-0.3, -0.25) is 14.5 Å². The van der Waals surface area contributed by atoms with Crippen LogP contribution in [0.25, 0.3) is 0 Å². The van der Waals surface area contributed by atoms with E-state index in [0.29, 0.717) is 5.56 Å². The third kappa shape index (κ3) is 6.23. The highest BCUT2D eigenvalue weighted by atomic mass is 19.1. The number of hydrogen-bond acceptors (Lipinski definition) is 4. The molecule has 1 aromatic heterocycles. The quantitative estimate of drug-likeness (QED) is 0.479. The number of pyridine rings is 1. The van der Waals surface area contributed by atoms with Gasteiger partial charge in [-0.15, -0.1) is 0 Å². The number of anilines is 1. The first-order valence-electron chi connectivity index (χ1n) is 16.1. The maximum atomic E-state index is 14.5. The number of benzene rings is 2. The number of hydrogen-bond donors (Lipinski definition) is 1. The van der Waals surface area contributed by atoms with Gasteiger partial charge in [-0.25, -0.2) is 9.37 Å². The van der Waals surface area contributed by atoms with Gasteiger partial charge in [0, 0.05) is 37.7 Å². The third-order valence-electron chi connectivity index (χ3n) is 5.07. The molecule has 35 heavy (non-hydrogen) atoms. The van der Waals surface area contributed by atoms with Crippen molar-refractivity contribution >= 4 is 17.5 Å². The zero-order chi connectivity index (χ0) is 34.5. The van der Waals surface area contributed by atoms with E-state index in [0.717, 1.165) is 17.0 Å². The number of rotatable bonds is 8. The van der Waals surface area contributed by atoms with Crippen LogP contribution >= 0.6 is 0 Å². The topological polar surface area (TPSA) is 71.5 Å². The number of ether oxygens (including phenoxy) is 1. The van der Waals surface area contributed by atoms with E-state index in [1.54, 1.807) is 31.2 Å². The van der Waals surface area contributed by atoms with Crippen LogP contribution in [-0.4, -0.2) is 29.4 Å². The molecule has 0 radical (unpaired) electrons. The van der Waals surface area contributed by atoms with Crippen LogP contribution in [0.4, 0.5) is 10.1 Å². The lowest BCUT2D eigenvalue weighted by Gasteiger charge is -2.34. The molecule has 182 valence electrons. The molecule has 0 saturated heterocycles. The molecule has 7 heteroatoms. The lowest BCUT2D eigenvalue weighted by atomic mass is 9.93. The van der Waals surface area contributed by atoms with Crippen molar-refractivity contribution in [3.8, 4) is 5.88 Å². The van der Waals surface area contributed by atoms with Crippen LogP contribution in [0.5, 0.6) is 5.88 Å². The van der Waals surface area contributed by atoms with Crippen LogP contribution < -0.4 is 15.0 Å². The molecular formula is C28H30FN3O3. The normalized spacial score (nSPS) is 27.4. The molecule has 2 amide bonds. The van der Waals surface area contributed by atoms with Crippen molar-refractivity contribution in [2.24, 2.45) is 0 Å². The van der Waals surface area contributed by atoms with Gasteiger partial charge in [-0.2, -0.15) is 0 Å². The molecule has 1 fully saturated rings. The molecule has 1 aliphatic rings. The Labute approximate surface area is 220 Å². The van der Waals surface area contributed by atoms with Gasteiger partial charge in [0.1, 0.15) is 11.9 Å². The second-order valence-corrected chi connectivity index (χ2v) is 7.45. The molecule has 1 aliphatic carbocycles. The Morgan fingerprint density at radius 1 is 1.14 bits per heavy atom. The molecule has 1 atom stereocenters. The van der Waals surface area contributed by atoms with E-state index >= 15 is 0 Å². The highest BCUT2D eigenvalue weighted by Crippen LogP contribution is 2.31. The minimum atomic E-state index is -3.90. The Balaban J connectivity index is 1.90. The van der Waals surface area contributed by atoms with E-state index in [1.807, 2.05) is 5.32 Å². The summed E-state index contributed by atoms with van der Waals surface area (Å²) in [6.45, 7) is 0.789. The van der Waals surface area contributed by atoms with Crippen molar-refractivity contribution < 1.29 is 33.8 Å². The molecule has 1 unspecified atom stereocenters. The Hall–Kier alpha value is -3.74. The maximum absolute atomic E-state index is 14.5. The predicted molar refractivity (Wildman–Crippen MR) is 133 cm³/mol. The van der Waals surface area contributed by atoms with Crippen LogP contribution in [-0.2, 0) is 9.59 Å². The molecule has 1 heterocycles. The number of nitrogens with zero attached hydrogens (tertiary/aromatic N) is 2. The summed E-state index contributed by atoms with van der Waals surface area (Å²) in [7, 11) is 0. The summed E-state index contributed by atoms with van der Waals surface area (Å²) in [5.41, 5.74) is 0.226. The fraction of sp³-hybridized carbons (Fsp3) is 0.321. The van der Waals surface area contributed by atoms with Crippen LogP contribution in [0.15, 0.2) is 72.9 Å². The zero-order valence-electron chi connectivity index (χ0n) is 29.7. The van der Waals surface area contributed by atoms with E-state index in [9.17, 15) is 14.0 Å². The second-order valence-electron chi connectivity index (χ2n) is 7.45. The minimum Gasteiger partial charge on any atom is -0.468 e. The average Bonchev–Trinajstić information content (AvgIpc) is 2.98. The van der Waals surface area contributed by atoms with E-state index in [-0.39, 0.29) is 17.1 Å². The highest BCUT2D eigenvalue weighted by Gasteiger charge is 2.35. The van der Waals surface area contributed by atoms with Gasteiger partial charge in [0.15, 0.2) is 6.61 Å². The molecule has 0 spiro atoms. The molecule has 6 nitrogen and oxygen atoms in total. The predicted octanol–water partition coefficient (Wildman–Crippen LogP) is 5.13. The molecule has 3 aromatic rings. The van der Waals surface area contributed by atoms with Crippen molar-refractivity contribution in [2.75, 3.05) is 11.5 Å². The lowest BCUT2D eigenvalue weighted by Crippen LogP contribution is -2.48. The van der Waals surface area contributed by atoms with Crippen molar-refractivity contribution in [3.63, 3.8) is 0 Å². The van der Waals surface area contributed by atoms with Gasteiger partial charge in [0.2, 0.25) is 11.8 Å². The lowest BCUT2D eigenvalue weighted by molar-refractivity contribution is -0.128. The molecule has 2 aromatic carbocycles. The first-order chi connectivity index (χ1) is 21.2. The molecule has 0 bridgehead atoms. The maximum Gasteiger partial charge on any atom is 0.265 e. The molecule has 0 aliphatic heterocycles. The Bertz CT molecular complexity index is 1600. The third-order valence-corrected chi connectivity index (χ3v) is 5.07. The van der Waals surface area contributed by atoms with Gasteiger partial charge in [0.25, 0.3) is 5.91 Å². The Morgan fingerprint density at radius 2 is 1.91 bits per heavy atom. The van der Waals surface area contributed by atoms with E-state index < -0.39 is 68.2 Å².